The number of aromatic carboxylic acids is 1. The van der Waals surface area contributed by atoms with E-state index in [1.807, 2.05) is 0 Å². The molecule has 1 aliphatic heterocycles. The van der Waals surface area contributed by atoms with E-state index >= 15 is 0 Å². The van der Waals surface area contributed by atoms with Gasteiger partial charge in [0.1, 0.15) is 29.1 Å². The number of nitriles is 1. The number of hydrogen-bond donors (Lipinski definition) is 1. The van der Waals surface area contributed by atoms with Crippen LogP contribution in [0, 0.1) is 18.3 Å². The Morgan fingerprint density at radius 1 is 1.15 bits per heavy atom. The predicted octanol–water partition coefficient (Wildman–Crippen LogP) is 6.05. The molecule has 204 valence electrons. The Hall–Kier alpha value is -2.81. The van der Waals surface area contributed by atoms with Gasteiger partial charge in [0.25, 0.3) is 0 Å². The SMILES string of the molecule is CCOc1cc(OCC2(c3c(Br)ccc(C(=O)O)c3C)CN(S(=O)(=O)c3ccc(Cl)cc3Cl)C2)ccc1C#N. The highest BCUT2D eigenvalue weighted by molar-refractivity contribution is 9.10. The van der Waals surface area contributed by atoms with Crippen LogP contribution in [0.25, 0.3) is 0 Å². The quantitative estimate of drug-likeness (QED) is 0.299. The zero-order valence-corrected chi connectivity index (χ0v) is 24.8. The number of nitrogens with zero attached hydrogens (tertiary/aromatic N) is 2. The number of hydrogen-bond acceptors (Lipinski definition) is 6. The van der Waals surface area contributed by atoms with Gasteiger partial charge in [0.05, 0.1) is 28.2 Å². The molecule has 8 nitrogen and oxygen atoms in total. The molecule has 1 heterocycles. The van der Waals surface area contributed by atoms with Crippen LogP contribution < -0.4 is 9.47 Å². The van der Waals surface area contributed by atoms with Crippen LogP contribution in [0.1, 0.15) is 34.0 Å². The molecule has 3 aromatic rings. The lowest BCUT2D eigenvalue weighted by Gasteiger charge is -2.50. The molecule has 12 heteroatoms. The maximum absolute atomic E-state index is 13.5. The van der Waals surface area contributed by atoms with Gasteiger partial charge >= 0.3 is 5.97 Å². The van der Waals surface area contributed by atoms with Crippen LogP contribution in [-0.4, -0.2) is 50.1 Å². The largest absolute Gasteiger partial charge is 0.492 e. The van der Waals surface area contributed by atoms with Gasteiger partial charge < -0.3 is 14.6 Å². The standard InChI is InChI=1S/C27H23BrCl2N2O6S/c1-3-37-23-11-19(6-4-17(23)12-31)38-15-27(25-16(2)20(26(33)34)7-8-21(25)28)13-32(14-27)39(35,36)24-9-5-18(29)10-22(24)30/h4-11H,3,13-15H2,1-2H3,(H,33,34). The first-order valence-corrected chi connectivity index (χ1v) is 14.7. The number of benzene rings is 3. The molecule has 39 heavy (non-hydrogen) atoms. The van der Waals surface area contributed by atoms with Crippen LogP contribution in [0.4, 0.5) is 0 Å². The Morgan fingerprint density at radius 3 is 2.49 bits per heavy atom. The van der Waals surface area contributed by atoms with Gasteiger partial charge in [-0.3, -0.25) is 0 Å². The summed E-state index contributed by atoms with van der Waals surface area (Å²) in [6.07, 6.45) is 0. The van der Waals surface area contributed by atoms with Crippen molar-refractivity contribution in [3.05, 3.63) is 85.3 Å². The fraction of sp³-hybridized carbons (Fsp3) is 0.259. The number of ether oxygens (including phenoxy) is 2. The molecule has 0 amide bonds. The highest BCUT2D eigenvalue weighted by atomic mass is 79.9. The van der Waals surface area contributed by atoms with Gasteiger partial charge in [0.2, 0.25) is 10.0 Å². The Bertz CT molecular complexity index is 1600. The summed E-state index contributed by atoms with van der Waals surface area (Å²) in [5.74, 6) is -0.309. The smallest absolute Gasteiger partial charge is 0.335 e. The van der Waals surface area contributed by atoms with Crippen molar-refractivity contribution in [1.29, 1.82) is 5.26 Å². The third kappa shape index (κ3) is 5.60. The fourth-order valence-electron chi connectivity index (χ4n) is 4.69. The average molecular weight is 654 g/mol. The monoisotopic (exact) mass is 652 g/mol. The van der Waals surface area contributed by atoms with Crippen molar-refractivity contribution in [2.75, 3.05) is 26.3 Å². The van der Waals surface area contributed by atoms with Gasteiger partial charge in [0, 0.05) is 28.7 Å². The lowest BCUT2D eigenvalue weighted by atomic mass is 9.73. The molecule has 3 aromatic carbocycles. The van der Waals surface area contributed by atoms with Gasteiger partial charge in [-0.15, -0.1) is 0 Å². The second-order valence-electron chi connectivity index (χ2n) is 9.02. The molecule has 0 saturated carbocycles. The van der Waals surface area contributed by atoms with Crippen molar-refractivity contribution >= 4 is 55.1 Å². The molecule has 0 bridgehead atoms. The number of carboxylic acid groups (broad SMARTS) is 1. The van der Waals surface area contributed by atoms with Crippen LogP contribution in [0.3, 0.4) is 0 Å². The Morgan fingerprint density at radius 2 is 1.87 bits per heavy atom. The lowest BCUT2D eigenvalue weighted by molar-refractivity contribution is 0.0692. The van der Waals surface area contributed by atoms with Gasteiger partial charge in [-0.2, -0.15) is 9.57 Å². The minimum absolute atomic E-state index is 0.00233. The van der Waals surface area contributed by atoms with Crippen LogP contribution in [0.2, 0.25) is 10.0 Å². The zero-order chi connectivity index (χ0) is 28.5. The minimum atomic E-state index is -3.99. The van der Waals surface area contributed by atoms with Crippen LogP contribution >= 0.6 is 39.1 Å². The Balaban J connectivity index is 1.73. The van der Waals surface area contributed by atoms with Crippen molar-refractivity contribution < 1.29 is 27.8 Å². The molecule has 0 radical (unpaired) electrons. The van der Waals surface area contributed by atoms with Gasteiger partial charge in [-0.25, -0.2) is 13.2 Å². The molecule has 1 N–H and O–H groups in total. The molecule has 4 rings (SSSR count). The molecule has 0 aliphatic carbocycles. The lowest BCUT2D eigenvalue weighted by Crippen LogP contribution is -2.64. The molecule has 0 aromatic heterocycles. The summed E-state index contributed by atoms with van der Waals surface area (Å²) in [7, 11) is -3.99. The summed E-state index contributed by atoms with van der Waals surface area (Å²) >= 11 is 15.7. The summed E-state index contributed by atoms with van der Waals surface area (Å²) in [5.41, 5.74) is 0.686. The maximum Gasteiger partial charge on any atom is 0.335 e. The maximum atomic E-state index is 13.5. The first-order valence-electron chi connectivity index (χ1n) is 11.7. The van der Waals surface area contributed by atoms with E-state index in [9.17, 15) is 23.6 Å². The number of halogens is 3. The van der Waals surface area contributed by atoms with E-state index in [4.69, 9.17) is 32.7 Å². The first-order chi connectivity index (χ1) is 18.4. The molecule has 0 atom stereocenters. The summed E-state index contributed by atoms with van der Waals surface area (Å²) < 4.78 is 40.6. The summed E-state index contributed by atoms with van der Waals surface area (Å²) in [6.45, 7) is 3.88. The van der Waals surface area contributed by atoms with Crippen LogP contribution in [0.15, 0.2) is 57.9 Å². The normalized spacial score (nSPS) is 14.8. The van der Waals surface area contributed by atoms with Crippen molar-refractivity contribution in [3.63, 3.8) is 0 Å². The minimum Gasteiger partial charge on any atom is -0.492 e. The third-order valence-corrected chi connectivity index (χ3v) is 9.70. The highest BCUT2D eigenvalue weighted by Gasteiger charge is 2.52. The summed E-state index contributed by atoms with van der Waals surface area (Å²) in [6, 6.07) is 14.2. The number of rotatable bonds is 9. The summed E-state index contributed by atoms with van der Waals surface area (Å²) in [5, 5.41) is 19.4. The number of carboxylic acids is 1. The van der Waals surface area contributed by atoms with Crippen molar-refractivity contribution in [1.82, 2.24) is 4.31 Å². The Kier molecular flexibility index (Phi) is 8.50. The van der Waals surface area contributed by atoms with Gasteiger partial charge in [-0.1, -0.05) is 39.1 Å². The average Bonchev–Trinajstić information content (AvgIpc) is 2.84. The molecule has 0 unspecified atom stereocenters. The molecule has 0 spiro atoms. The fourth-order valence-corrected chi connectivity index (χ4v) is 7.90. The third-order valence-electron chi connectivity index (χ3n) is 6.53. The van der Waals surface area contributed by atoms with E-state index in [0.29, 0.717) is 44.3 Å². The Labute approximate surface area is 244 Å². The summed E-state index contributed by atoms with van der Waals surface area (Å²) in [4.78, 5) is 11.8. The number of carbonyl (C=O) groups is 1. The van der Waals surface area contributed by atoms with Crippen molar-refractivity contribution in [3.8, 4) is 17.6 Å². The predicted molar refractivity (Wildman–Crippen MR) is 151 cm³/mol. The van der Waals surface area contributed by atoms with Crippen LogP contribution in [-0.2, 0) is 15.4 Å². The van der Waals surface area contributed by atoms with E-state index in [-0.39, 0.29) is 35.2 Å². The first kappa shape index (κ1) is 29.2. The van der Waals surface area contributed by atoms with Crippen molar-refractivity contribution in [2.45, 2.75) is 24.2 Å². The van der Waals surface area contributed by atoms with Gasteiger partial charge in [0.15, 0.2) is 0 Å². The molecule has 1 saturated heterocycles. The second kappa shape index (κ2) is 11.4. The van der Waals surface area contributed by atoms with E-state index < -0.39 is 21.4 Å². The van der Waals surface area contributed by atoms with Gasteiger partial charge in [-0.05, 0) is 67.4 Å². The van der Waals surface area contributed by atoms with Crippen LogP contribution in [0.5, 0.6) is 11.5 Å². The molecule has 1 aliphatic rings. The van der Waals surface area contributed by atoms with E-state index in [1.165, 1.54) is 28.6 Å². The highest BCUT2D eigenvalue weighted by Crippen LogP contribution is 2.45. The molecule has 1 fully saturated rings. The molecular weight excluding hydrogens is 631 g/mol. The van der Waals surface area contributed by atoms with E-state index in [1.54, 1.807) is 38.1 Å². The molecular formula is C27H23BrCl2N2O6S. The topological polar surface area (TPSA) is 117 Å². The van der Waals surface area contributed by atoms with Crippen molar-refractivity contribution in [2.24, 2.45) is 0 Å². The van der Waals surface area contributed by atoms with E-state index in [2.05, 4.69) is 22.0 Å². The second-order valence-corrected chi connectivity index (χ2v) is 12.6. The number of sulfonamides is 1. The zero-order valence-electron chi connectivity index (χ0n) is 20.9. The van der Waals surface area contributed by atoms with E-state index in [0.717, 1.165) is 0 Å².